The Labute approximate surface area is 109 Å². The minimum atomic E-state index is -1.15. The number of ether oxygens (including phenoxy) is 1. The lowest BCUT2D eigenvalue weighted by atomic mass is 9.90. The van der Waals surface area contributed by atoms with Crippen molar-refractivity contribution in [1.29, 1.82) is 0 Å². The summed E-state index contributed by atoms with van der Waals surface area (Å²) in [4.78, 5) is 11.4. The van der Waals surface area contributed by atoms with Crippen molar-refractivity contribution in [1.82, 2.24) is 0 Å². The van der Waals surface area contributed by atoms with Gasteiger partial charge in [-0.2, -0.15) is 0 Å². The van der Waals surface area contributed by atoms with Gasteiger partial charge in [-0.1, -0.05) is 20.3 Å². The van der Waals surface area contributed by atoms with E-state index < -0.39 is 18.2 Å². The lowest BCUT2D eigenvalue weighted by Crippen LogP contribution is -2.36. The maximum absolute atomic E-state index is 11.4. The molecule has 0 radical (unpaired) electrons. The van der Waals surface area contributed by atoms with Crippen molar-refractivity contribution in [2.45, 2.75) is 52.2 Å². The highest BCUT2D eigenvalue weighted by atomic mass is 16.6. The number of hydrogen-bond donors (Lipinski definition) is 3. The standard InChI is InChI=1S/C13H26O5/c1-9(6-4-5-7-14)12(10(2)8-15)18-13(17)11(3)16/h9-12,14-16H,4-8H2,1-3H3. The summed E-state index contributed by atoms with van der Waals surface area (Å²) in [5, 5.41) is 27.1. The van der Waals surface area contributed by atoms with Crippen LogP contribution in [0, 0.1) is 11.8 Å². The third kappa shape index (κ3) is 6.33. The SMILES string of the molecule is CC(O)C(=O)OC(C(C)CO)C(C)CCCCO. The van der Waals surface area contributed by atoms with Gasteiger partial charge in [0.15, 0.2) is 0 Å². The first-order chi connectivity index (χ1) is 8.43. The van der Waals surface area contributed by atoms with Gasteiger partial charge in [-0.25, -0.2) is 4.79 Å². The summed E-state index contributed by atoms with van der Waals surface area (Å²) in [5.74, 6) is -0.743. The van der Waals surface area contributed by atoms with Gasteiger partial charge in [0.25, 0.3) is 0 Å². The molecule has 0 aromatic rings. The Kier molecular flexibility index (Phi) is 8.97. The molecule has 0 rings (SSSR count). The van der Waals surface area contributed by atoms with Crippen molar-refractivity contribution in [3.05, 3.63) is 0 Å². The number of rotatable bonds is 9. The van der Waals surface area contributed by atoms with E-state index in [9.17, 15) is 9.90 Å². The molecular weight excluding hydrogens is 236 g/mol. The zero-order valence-corrected chi connectivity index (χ0v) is 11.5. The normalized spacial score (nSPS) is 17.9. The molecular formula is C13H26O5. The van der Waals surface area contributed by atoms with Crippen molar-refractivity contribution in [3.63, 3.8) is 0 Å². The molecule has 0 bridgehead atoms. The van der Waals surface area contributed by atoms with E-state index in [2.05, 4.69) is 0 Å². The van der Waals surface area contributed by atoms with Crippen molar-refractivity contribution < 1.29 is 24.9 Å². The van der Waals surface area contributed by atoms with Crippen LogP contribution in [0.5, 0.6) is 0 Å². The zero-order chi connectivity index (χ0) is 14.1. The van der Waals surface area contributed by atoms with Crippen LogP contribution in [-0.2, 0) is 9.53 Å². The van der Waals surface area contributed by atoms with Gasteiger partial charge in [0.05, 0.1) is 0 Å². The molecule has 108 valence electrons. The summed E-state index contributed by atoms with van der Waals surface area (Å²) >= 11 is 0. The van der Waals surface area contributed by atoms with E-state index in [4.69, 9.17) is 14.9 Å². The van der Waals surface area contributed by atoms with Crippen molar-refractivity contribution in [2.24, 2.45) is 11.8 Å². The van der Waals surface area contributed by atoms with Gasteiger partial charge in [-0.15, -0.1) is 0 Å². The van der Waals surface area contributed by atoms with Gasteiger partial charge in [0.1, 0.15) is 12.2 Å². The summed E-state index contributed by atoms with van der Waals surface area (Å²) in [7, 11) is 0. The molecule has 5 heteroatoms. The molecule has 0 spiro atoms. The molecule has 0 aliphatic rings. The van der Waals surface area contributed by atoms with Crippen molar-refractivity contribution in [2.75, 3.05) is 13.2 Å². The summed E-state index contributed by atoms with van der Waals surface area (Å²) in [6.07, 6.45) is 0.815. The van der Waals surface area contributed by atoms with Gasteiger partial charge < -0.3 is 20.1 Å². The third-order valence-corrected chi connectivity index (χ3v) is 3.07. The van der Waals surface area contributed by atoms with Crippen LogP contribution in [0.1, 0.15) is 40.0 Å². The molecule has 4 unspecified atom stereocenters. The second-order valence-electron chi connectivity index (χ2n) is 4.93. The molecule has 0 fully saturated rings. The van der Waals surface area contributed by atoms with Gasteiger partial charge in [-0.05, 0) is 25.7 Å². The van der Waals surface area contributed by atoms with Gasteiger partial charge in [-0.3, -0.25) is 0 Å². The maximum Gasteiger partial charge on any atom is 0.334 e. The Morgan fingerprint density at radius 1 is 1.11 bits per heavy atom. The zero-order valence-electron chi connectivity index (χ0n) is 11.5. The summed E-state index contributed by atoms with van der Waals surface area (Å²) in [5.41, 5.74) is 0. The molecule has 3 N–H and O–H groups in total. The molecule has 0 aromatic carbocycles. The van der Waals surface area contributed by atoms with E-state index in [-0.39, 0.29) is 25.0 Å². The van der Waals surface area contributed by atoms with Gasteiger partial charge in [0.2, 0.25) is 0 Å². The Balaban J connectivity index is 4.42. The van der Waals surface area contributed by atoms with E-state index in [0.29, 0.717) is 0 Å². The van der Waals surface area contributed by atoms with Crippen LogP contribution < -0.4 is 0 Å². The quantitative estimate of drug-likeness (QED) is 0.421. The monoisotopic (exact) mass is 262 g/mol. The van der Waals surface area contributed by atoms with Crippen molar-refractivity contribution >= 4 is 5.97 Å². The molecule has 0 amide bonds. The average molecular weight is 262 g/mol. The van der Waals surface area contributed by atoms with E-state index in [0.717, 1.165) is 19.3 Å². The van der Waals surface area contributed by atoms with Crippen LogP contribution in [0.3, 0.4) is 0 Å². The number of unbranched alkanes of at least 4 members (excludes halogenated alkanes) is 1. The molecule has 0 aromatic heterocycles. The summed E-state index contributed by atoms with van der Waals surface area (Å²) in [6.45, 7) is 5.20. The van der Waals surface area contributed by atoms with Crippen LogP contribution in [0.4, 0.5) is 0 Å². The highest BCUT2D eigenvalue weighted by Gasteiger charge is 2.28. The number of hydrogen-bond acceptors (Lipinski definition) is 5. The highest BCUT2D eigenvalue weighted by molar-refractivity contribution is 5.74. The summed E-state index contributed by atoms with van der Waals surface area (Å²) in [6, 6.07) is 0. The predicted molar refractivity (Wildman–Crippen MR) is 67.9 cm³/mol. The Hall–Kier alpha value is -0.650. The lowest BCUT2D eigenvalue weighted by molar-refractivity contribution is -0.164. The third-order valence-electron chi connectivity index (χ3n) is 3.07. The van der Waals surface area contributed by atoms with Crippen LogP contribution in [0.15, 0.2) is 0 Å². The highest BCUT2D eigenvalue weighted by Crippen LogP contribution is 2.22. The van der Waals surface area contributed by atoms with Crippen LogP contribution in [0.2, 0.25) is 0 Å². The smallest absolute Gasteiger partial charge is 0.334 e. The van der Waals surface area contributed by atoms with E-state index >= 15 is 0 Å². The minimum Gasteiger partial charge on any atom is -0.460 e. The fraction of sp³-hybridized carbons (Fsp3) is 0.923. The van der Waals surface area contributed by atoms with Crippen LogP contribution in [-0.4, -0.2) is 46.7 Å². The minimum absolute atomic E-state index is 0.0674. The Morgan fingerprint density at radius 3 is 2.17 bits per heavy atom. The first-order valence-electron chi connectivity index (χ1n) is 6.54. The summed E-state index contributed by atoms with van der Waals surface area (Å²) < 4.78 is 5.25. The number of carbonyl (C=O) groups excluding carboxylic acids is 1. The number of esters is 1. The maximum atomic E-state index is 11.4. The first kappa shape index (κ1) is 17.4. The number of aliphatic hydroxyl groups excluding tert-OH is 3. The van der Waals surface area contributed by atoms with E-state index in [1.54, 1.807) is 0 Å². The fourth-order valence-electron chi connectivity index (χ4n) is 1.87. The molecule has 18 heavy (non-hydrogen) atoms. The second kappa shape index (κ2) is 9.30. The van der Waals surface area contributed by atoms with Crippen LogP contribution in [0.25, 0.3) is 0 Å². The lowest BCUT2D eigenvalue weighted by Gasteiger charge is -2.29. The first-order valence-corrected chi connectivity index (χ1v) is 6.54. The Bertz CT molecular complexity index is 229. The topological polar surface area (TPSA) is 87.0 Å². The van der Waals surface area contributed by atoms with Gasteiger partial charge in [0, 0.05) is 19.1 Å². The molecule has 4 atom stereocenters. The molecule has 0 saturated heterocycles. The van der Waals surface area contributed by atoms with Crippen molar-refractivity contribution in [3.8, 4) is 0 Å². The fourth-order valence-corrected chi connectivity index (χ4v) is 1.87. The molecule has 0 saturated carbocycles. The predicted octanol–water partition coefficient (Wildman–Crippen LogP) is 0.706. The number of carbonyl (C=O) groups is 1. The van der Waals surface area contributed by atoms with Gasteiger partial charge >= 0.3 is 5.97 Å². The second-order valence-corrected chi connectivity index (χ2v) is 4.93. The average Bonchev–Trinajstić information content (AvgIpc) is 2.34. The molecule has 0 aliphatic heterocycles. The number of aliphatic hydroxyl groups is 3. The van der Waals surface area contributed by atoms with Crippen LogP contribution >= 0.6 is 0 Å². The molecule has 0 aliphatic carbocycles. The molecule has 0 heterocycles. The van der Waals surface area contributed by atoms with E-state index in [1.807, 2.05) is 13.8 Å². The largest absolute Gasteiger partial charge is 0.460 e. The Morgan fingerprint density at radius 2 is 1.72 bits per heavy atom. The van der Waals surface area contributed by atoms with E-state index in [1.165, 1.54) is 6.92 Å². The molecule has 5 nitrogen and oxygen atoms in total.